The number of carbonyl (C=O) groups is 1. The summed E-state index contributed by atoms with van der Waals surface area (Å²) in [6, 6.07) is -0.307. The lowest BCUT2D eigenvalue weighted by Crippen LogP contribution is -2.47. The molecule has 2 fully saturated rings. The summed E-state index contributed by atoms with van der Waals surface area (Å²) in [5.41, 5.74) is 0. The summed E-state index contributed by atoms with van der Waals surface area (Å²) >= 11 is 0. The van der Waals surface area contributed by atoms with Crippen molar-refractivity contribution in [2.75, 3.05) is 26.3 Å². The zero-order chi connectivity index (χ0) is 16.9. The van der Waals surface area contributed by atoms with E-state index in [1.54, 1.807) is 6.33 Å². The van der Waals surface area contributed by atoms with Crippen LogP contribution in [-0.2, 0) is 16.5 Å². The molecule has 3 heterocycles. The van der Waals surface area contributed by atoms with Gasteiger partial charge in [0.05, 0.1) is 18.2 Å². The summed E-state index contributed by atoms with van der Waals surface area (Å²) in [6.45, 7) is 4.71. The molecule has 0 bridgehead atoms. The molecule has 2 saturated heterocycles. The van der Waals surface area contributed by atoms with Crippen molar-refractivity contribution in [3.63, 3.8) is 0 Å². The average Bonchev–Trinajstić information content (AvgIpc) is 3.28. The number of aryl methyl sites for hydroxylation is 1. The van der Waals surface area contributed by atoms with Crippen molar-refractivity contribution in [3.05, 3.63) is 12.2 Å². The van der Waals surface area contributed by atoms with Gasteiger partial charge in [0.25, 0.3) is 0 Å². The highest BCUT2D eigenvalue weighted by molar-refractivity contribution is 5.74. The Morgan fingerprint density at radius 1 is 1.33 bits per heavy atom. The molecule has 0 saturated carbocycles. The fraction of sp³-hybridized carbons (Fsp3) is 0.812. The van der Waals surface area contributed by atoms with Gasteiger partial charge in [0.15, 0.2) is 5.82 Å². The fourth-order valence-corrected chi connectivity index (χ4v) is 3.33. The van der Waals surface area contributed by atoms with Gasteiger partial charge in [-0.2, -0.15) is 0 Å². The summed E-state index contributed by atoms with van der Waals surface area (Å²) in [7, 11) is 1.87. The molecular weight excluding hydrogens is 310 g/mol. The van der Waals surface area contributed by atoms with Crippen LogP contribution in [0.15, 0.2) is 6.33 Å². The number of carbonyl (C=O) groups excluding carboxylic acids is 1. The van der Waals surface area contributed by atoms with E-state index >= 15 is 0 Å². The predicted molar refractivity (Wildman–Crippen MR) is 87.5 cm³/mol. The summed E-state index contributed by atoms with van der Waals surface area (Å²) < 4.78 is 13.2. The van der Waals surface area contributed by atoms with Crippen LogP contribution < -0.4 is 5.32 Å². The quantitative estimate of drug-likeness (QED) is 0.845. The lowest BCUT2D eigenvalue weighted by Gasteiger charge is -2.29. The molecule has 3 atom stereocenters. The van der Waals surface area contributed by atoms with E-state index in [1.807, 2.05) is 23.4 Å². The van der Waals surface area contributed by atoms with Crippen molar-refractivity contribution in [2.24, 2.45) is 7.05 Å². The third-order valence-corrected chi connectivity index (χ3v) is 4.66. The molecule has 1 aromatic rings. The number of urea groups is 1. The Labute approximate surface area is 142 Å². The second-order valence-corrected chi connectivity index (χ2v) is 6.65. The zero-order valence-electron chi connectivity index (χ0n) is 14.5. The average molecular weight is 337 g/mol. The van der Waals surface area contributed by atoms with Crippen molar-refractivity contribution in [1.29, 1.82) is 0 Å². The molecule has 0 unspecified atom stereocenters. The molecule has 24 heavy (non-hydrogen) atoms. The lowest BCUT2D eigenvalue weighted by molar-refractivity contribution is 0.0493. The molecule has 2 amide bonds. The molecular formula is C16H27N5O3. The molecule has 134 valence electrons. The van der Waals surface area contributed by atoms with Gasteiger partial charge in [-0.1, -0.05) is 0 Å². The number of hydrogen-bond acceptors (Lipinski definition) is 5. The molecule has 8 nitrogen and oxygen atoms in total. The number of nitrogens with zero attached hydrogens (tertiary/aromatic N) is 4. The van der Waals surface area contributed by atoms with Gasteiger partial charge < -0.3 is 24.3 Å². The molecule has 0 aliphatic carbocycles. The second-order valence-electron chi connectivity index (χ2n) is 6.65. The highest BCUT2D eigenvalue weighted by Gasteiger charge is 2.28. The Hall–Kier alpha value is -1.67. The Bertz CT molecular complexity index is 520. The molecule has 0 aromatic carbocycles. The van der Waals surface area contributed by atoms with Gasteiger partial charge >= 0.3 is 6.03 Å². The topological polar surface area (TPSA) is 81.5 Å². The van der Waals surface area contributed by atoms with Crippen LogP contribution >= 0.6 is 0 Å². The van der Waals surface area contributed by atoms with Gasteiger partial charge in [-0.05, 0) is 32.6 Å². The van der Waals surface area contributed by atoms with Crippen LogP contribution in [0.1, 0.15) is 44.5 Å². The zero-order valence-corrected chi connectivity index (χ0v) is 14.5. The van der Waals surface area contributed by atoms with Crippen LogP contribution in [0, 0.1) is 0 Å². The van der Waals surface area contributed by atoms with Gasteiger partial charge in [0, 0.05) is 33.4 Å². The van der Waals surface area contributed by atoms with E-state index in [2.05, 4.69) is 15.5 Å². The summed E-state index contributed by atoms with van der Waals surface area (Å²) in [4.78, 5) is 14.6. The minimum atomic E-state index is -0.207. The highest BCUT2D eigenvalue weighted by atomic mass is 16.5. The first kappa shape index (κ1) is 17.2. The highest BCUT2D eigenvalue weighted by Crippen LogP contribution is 2.18. The third kappa shape index (κ3) is 4.24. The minimum Gasteiger partial charge on any atom is -0.376 e. The van der Waals surface area contributed by atoms with E-state index in [4.69, 9.17) is 9.47 Å². The van der Waals surface area contributed by atoms with Crippen LogP contribution in [-0.4, -0.2) is 64.2 Å². The van der Waals surface area contributed by atoms with E-state index in [1.165, 1.54) is 0 Å². The molecule has 1 aromatic heterocycles. The first-order valence-corrected chi connectivity index (χ1v) is 8.76. The molecule has 1 N–H and O–H groups in total. The number of rotatable bonds is 6. The number of nitrogens with one attached hydrogen (secondary N) is 1. The van der Waals surface area contributed by atoms with E-state index in [9.17, 15) is 4.79 Å². The molecule has 8 heteroatoms. The molecule has 3 rings (SSSR count). The van der Waals surface area contributed by atoms with Crippen molar-refractivity contribution in [1.82, 2.24) is 25.0 Å². The molecule has 0 radical (unpaired) electrons. The summed E-state index contributed by atoms with van der Waals surface area (Å²) in [5, 5.41) is 11.0. The van der Waals surface area contributed by atoms with E-state index in [0.29, 0.717) is 13.1 Å². The number of ether oxygens (including phenoxy) is 2. The Balaban J connectivity index is 1.61. The van der Waals surface area contributed by atoms with Gasteiger partial charge in [0.2, 0.25) is 0 Å². The first-order valence-electron chi connectivity index (χ1n) is 8.76. The van der Waals surface area contributed by atoms with Gasteiger partial charge in [-0.15, -0.1) is 10.2 Å². The SMILES string of the molecule is C[C@H](NC(=O)N(C[C@@H]1CCCO1)C[C@@H]1CCCO1)c1nncn1C. The van der Waals surface area contributed by atoms with Crippen LogP contribution in [0.2, 0.25) is 0 Å². The Morgan fingerprint density at radius 2 is 1.96 bits per heavy atom. The maximum atomic E-state index is 12.8. The first-order chi connectivity index (χ1) is 11.6. The second kappa shape index (κ2) is 7.94. The summed E-state index contributed by atoms with van der Waals surface area (Å²) in [5.74, 6) is 0.734. The minimum absolute atomic E-state index is 0.100. The normalized spacial score (nSPS) is 24.9. The predicted octanol–water partition coefficient (Wildman–Crippen LogP) is 1.25. The van der Waals surface area contributed by atoms with Crippen molar-refractivity contribution < 1.29 is 14.3 Å². The number of aromatic nitrogens is 3. The van der Waals surface area contributed by atoms with Crippen LogP contribution in [0.3, 0.4) is 0 Å². The van der Waals surface area contributed by atoms with Gasteiger partial charge in [-0.3, -0.25) is 0 Å². The Morgan fingerprint density at radius 3 is 2.42 bits per heavy atom. The van der Waals surface area contributed by atoms with E-state index < -0.39 is 0 Å². The lowest BCUT2D eigenvalue weighted by atomic mass is 10.2. The van der Waals surface area contributed by atoms with Crippen LogP contribution in [0.25, 0.3) is 0 Å². The van der Waals surface area contributed by atoms with E-state index in [-0.39, 0.29) is 24.3 Å². The van der Waals surface area contributed by atoms with Gasteiger partial charge in [-0.25, -0.2) is 4.79 Å². The maximum Gasteiger partial charge on any atom is 0.318 e. The van der Waals surface area contributed by atoms with Crippen LogP contribution in [0.4, 0.5) is 4.79 Å². The van der Waals surface area contributed by atoms with Gasteiger partial charge in [0.1, 0.15) is 6.33 Å². The van der Waals surface area contributed by atoms with Crippen LogP contribution in [0.5, 0.6) is 0 Å². The van der Waals surface area contributed by atoms with Crippen molar-refractivity contribution >= 4 is 6.03 Å². The largest absolute Gasteiger partial charge is 0.376 e. The van der Waals surface area contributed by atoms with E-state index in [0.717, 1.165) is 44.7 Å². The standard InChI is InChI=1S/C16H27N5O3/c1-12(15-19-17-11-20(15)2)18-16(22)21(9-13-5-3-7-23-13)10-14-6-4-8-24-14/h11-14H,3-10H2,1-2H3,(H,18,22)/t12-,13-,14-/m0/s1. The third-order valence-electron chi connectivity index (χ3n) is 4.66. The number of amides is 2. The molecule has 2 aliphatic heterocycles. The van der Waals surface area contributed by atoms with Crippen molar-refractivity contribution in [2.45, 2.75) is 50.9 Å². The monoisotopic (exact) mass is 337 g/mol. The van der Waals surface area contributed by atoms with Crippen molar-refractivity contribution in [3.8, 4) is 0 Å². The number of hydrogen-bond donors (Lipinski definition) is 1. The maximum absolute atomic E-state index is 12.8. The fourth-order valence-electron chi connectivity index (χ4n) is 3.33. The summed E-state index contributed by atoms with van der Waals surface area (Å²) in [6.07, 6.45) is 6.03. The smallest absolute Gasteiger partial charge is 0.318 e. The Kier molecular flexibility index (Phi) is 5.68. The molecule has 2 aliphatic rings. The molecule has 0 spiro atoms.